The fourth-order valence-electron chi connectivity index (χ4n) is 2.83. The topological polar surface area (TPSA) is 110 Å². The summed E-state index contributed by atoms with van der Waals surface area (Å²) in [6.07, 6.45) is 1.80. The number of fused-ring (bicyclic) bond motifs is 1. The third-order valence-corrected chi connectivity index (χ3v) is 5.50. The van der Waals surface area contributed by atoms with E-state index in [1.807, 2.05) is 6.07 Å². The van der Waals surface area contributed by atoms with Crippen LogP contribution < -0.4 is 5.32 Å². The van der Waals surface area contributed by atoms with Gasteiger partial charge >= 0.3 is 0 Å². The second kappa shape index (κ2) is 6.85. The van der Waals surface area contributed by atoms with Gasteiger partial charge in [-0.15, -0.1) is 0 Å². The Hall–Kier alpha value is -2.78. The maximum absolute atomic E-state index is 12.3. The highest BCUT2D eigenvalue weighted by molar-refractivity contribution is 7.88. The minimum absolute atomic E-state index is 0.0869. The van der Waals surface area contributed by atoms with Crippen LogP contribution in [0.2, 0.25) is 0 Å². The van der Waals surface area contributed by atoms with Crippen LogP contribution in [0.25, 0.3) is 0 Å². The molecular weight excluding hydrogens is 358 g/mol. The number of amides is 1. The summed E-state index contributed by atoms with van der Waals surface area (Å²) in [5.41, 5.74) is 2.66. The van der Waals surface area contributed by atoms with E-state index < -0.39 is 20.9 Å². The lowest BCUT2D eigenvalue weighted by atomic mass is 10.0. The molecule has 0 spiro atoms. The first-order valence-electron chi connectivity index (χ1n) is 7.87. The zero-order chi connectivity index (χ0) is 18.9. The first-order valence-corrected chi connectivity index (χ1v) is 9.71. The maximum Gasteiger partial charge on any atom is 0.269 e. The zero-order valence-corrected chi connectivity index (χ0v) is 14.8. The molecule has 0 saturated heterocycles. The molecule has 1 aliphatic heterocycles. The minimum Gasteiger partial charge on any atom is -0.322 e. The number of sulfonamides is 1. The van der Waals surface area contributed by atoms with Crippen LogP contribution in [-0.4, -0.2) is 36.4 Å². The van der Waals surface area contributed by atoms with Gasteiger partial charge < -0.3 is 5.32 Å². The second-order valence-corrected chi connectivity index (χ2v) is 8.07. The van der Waals surface area contributed by atoms with Crippen LogP contribution >= 0.6 is 0 Å². The van der Waals surface area contributed by atoms with Gasteiger partial charge in [-0.3, -0.25) is 14.9 Å². The number of nitrogens with zero attached hydrogens (tertiary/aromatic N) is 2. The third-order valence-electron chi connectivity index (χ3n) is 4.25. The van der Waals surface area contributed by atoms with Gasteiger partial charge in [-0.1, -0.05) is 6.07 Å². The van der Waals surface area contributed by atoms with Crippen molar-refractivity contribution in [3.63, 3.8) is 0 Å². The molecule has 2 aromatic rings. The van der Waals surface area contributed by atoms with Crippen molar-refractivity contribution < 1.29 is 18.1 Å². The Bertz CT molecular complexity index is 970. The van der Waals surface area contributed by atoms with Crippen LogP contribution in [0.1, 0.15) is 21.5 Å². The van der Waals surface area contributed by atoms with Crippen molar-refractivity contribution in [2.24, 2.45) is 0 Å². The Kier molecular flexibility index (Phi) is 4.75. The molecule has 3 rings (SSSR count). The summed E-state index contributed by atoms with van der Waals surface area (Å²) in [5, 5.41) is 13.4. The molecule has 1 aliphatic rings. The molecule has 8 nitrogen and oxygen atoms in total. The van der Waals surface area contributed by atoms with E-state index in [2.05, 4.69) is 5.32 Å². The molecule has 0 unspecified atom stereocenters. The molecule has 0 atom stereocenters. The number of nitro benzene ring substituents is 1. The molecule has 1 amide bonds. The van der Waals surface area contributed by atoms with Crippen molar-refractivity contribution in [1.29, 1.82) is 0 Å². The highest BCUT2D eigenvalue weighted by atomic mass is 32.2. The Morgan fingerprint density at radius 3 is 2.46 bits per heavy atom. The molecule has 1 N–H and O–H groups in total. The molecule has 1 heterocycles. The predicted molar refractivity (Wildman–Crippen MR) is 96.4 cm³/mol. The molecule has 0 saturated carbocycles. The molecule has 136 valence electrons. The van der Waals surface area contributed by atoms with Crippen LogP contribution in [0.5, 0.6) is 0 Å². The Morgan fingerprint density at radius 1 is 1.15 bits per heavy atom. The largest absolute Gasteiger partial charge is 0.322 e. The molecule has 0 fully saturated rings. The van der Waals surface area contributed by atoms with Gasteiger partial charge in [-0.05, 0) is 41.8 Å². The summed E-state index contributed by atoms with van der Waals surface area (Å²) in [7, 11) is -3.27. The van der Waals surface area contributed by atoms with Gasteiger partial charge in [0, 0.05) is 36.5 Å². The van der Waals surface area contributed by atoms with E-state index in [-0.39, 0.29) is 12.2 Å². The Morgan fingerprint density at radius 2 is 1.85 bits per heavy atom. The Labute approximate surface area is 150 Å². The van der Waals surface area contributed by atoms with E-state index in [9.17, 15) is 23.3 Å². The van der Waals surface area contributed by atoms with Crippen LogP contribution in [0.3, 0.4) is 0 Å². The van der Waals surface area contributed by atoms with Crippen LogP contribution in [0.15, 0.2) is 42.5 Å². The van der Waals surface area contributed by atoms with E-state index in [0.717, 1.165) is 11.1 Å². The van der Waals surface area contributed by atoms with Crippen molar-refractivity contribution in [2.75, 3.05) is 18.1 Å². The normalized spacial score (nSPS) is 14.5. The highest BCUT2D eigenvalue weighted by Gasteiger charge is 2.23. The van der Waals surface area contributed by atoms with E-state index >= 15 is 0 Å². The molecule has 0 aromatic heterocycles. The summed E-state index contributed by atoms with van der Waals surface area (Å²) in [6, 6.07) is 10.7. The lowest BCUT2D eigenvalue weighted by Gasteiger charge is -2.27. The van der Waals surface area contributed by atoms with Crippen molar-refractivity contribution >= 4 is 27.3 Å². The summed E-state index contributed by atoms with van der Waals surface area (Å²) in [6.45, 7) is 0.718. The average molecular weight is 375 g/mol. The monoisotopic (exact) mass is 375 g/mol. The van der Waals surface area contributed by atoms with Crippen molar-refractivity contribution in [3.8, 4) is 0 Å². The predicted octanol–water partition coefficient (Wildman–Crippen LogP) is 2.16. The van der Waals surface area contributed by atoms with Crippen LogP contribution in [-0.2, 0) is 23.0 Å². The van der Waals surface area contributed by atoms with E-state index in [1.54, 1.807) is 12.1 Å². The fourth-order valence-corrected chi connectivity index (χ4v) is 3.63. The van der Waals surface area contributed by atoms with Gasteiger partial charge in [0.1, 0.15) is 0 Å². The number of non-ortho nitro benzene ring substituents is 1. The third kappa shape index (κ3) is 3.89. The van der Waals surface area contributed by atoms with Crippen molar-refractivity contribution in [1.82, 2.24) is 4.31 Å². The number of carbonyl (C=O) groups excluding carboxylic acids is 1. The van der Waals surface area contributed by atoms with Gasteiger partial charge in [-0.25, -0.2) is 8.42 Å². The molecule has 0 bridgehead atoms. The lowest BCUT2D eigenvalue weighted by Crippen LogP contribution is -2.35. The number of nitro groups is 1. The molecule has 0 radical (unpaired) electrons. The first-order chi connectivity index (χ1) is 12.2. The summed E-state index contributed by atoms with van der Waals surface area (Å²) in [5.74, 6) is -0.393. The molecule has 9 heteroatoms. The van der Waals surface area contributed by atoms with E-state index in [1.165, 1.54) is 34.8 Å². The quantitative estimate of drug-likeness (QED) is 0.650. The highest BCUT2D eigenvalue weighted by Crippen LogP contribution is 2.24. The fraction of sp³-hybridized carbons (Fsp3) is 0.235. The maximum atomic E-state index is 12.3. The number of hydrogen-bond donors (Lipinski definition) is 1. The number of anilines is 1. The lowest BCUT2D eigenvalue weighted by molar-refractivity contribution is -0.384. The summed E-state index contributed by atoms with van der Waals surface area (Å²) in [4.78, 5) is 22.4. The number of benzene rings is 2. The van der Waals surface area contributed by atoms with Gasteiger partial charge in [-0.2, -0.15) is 4.31 Å². The van der Waals surface area contributed by atoms with E-state index in [0.29, 0.717) is 24.2 Å². The minimum atomic E-state index is -3.27. The molecular formula is C17H17N3O5S. The summed E-state index contributed by atoms with van der Waals surface area (Å²) < 4.78 is 24.9. The molecule has 0 aliphatic carbocycles. The second-order valence-electron chi connectivity index (χ2n) is 6.09. The number of hydrogen-bond acceptors (Lipinski definition) is 5. The van der Waals surface area contributed by atoms with Crippen LogP contribution in [0, 0.1) is 10.1 Å². The summed E-state index contributed by atoms with van der Waals surface area (Å²) >= 11 is 0. The standard InChI is InChI=1S/C17H17N3O5S/c1-26(24,25)19-9-8-12-2-5-15(10-14(12)11-19)18-17(21)13-3-6-16(7-4-13)20(22)23/h2-7,10H,8-9,11H2,1H3,(H,18,21). The van der Waals surface area contributed by atoms with Gasteiger partial charge in [0.05, 0.1) is 11.2 Å². The van der Waals surface area contributed by atoms with Crippen molar-refractivity contribution in [2.45, 2.75) is 13.0 Å². The number of rotatable bonds is 4. The first kappa shape index (κ1) is 18.0. The SMILES string of the molecule is CS(=O)(=O)N1CCc2ccc(NC(=O)c3ccc([N+](=O)[O-])cc3)cc2C1. The number of carbonyl (C=O) groups is 1. The average Bonchev–Trinajstić information content (AvgIpc) is 2.60. The van der Waals surface area contributed by atoms with E-state index in [4.69, 9.17) is 0 Å². The molecule has 26 heavy (non-hydrogen) atoms. The van der Waals surface area contributed by atoms with Crippen LogP contribution in [0.4, 0.5) is 11.4 Å². The smallest absolute Gasteiger partial charge is 0.269 e. The van der Waals surface area contributed by atoms with Gasteiger partial charge in [0.25, 0.3) is 11.6 Å². The zero-order valence-electron chi connectivity index (χ0n) is 14.0. The molecule has 2 aromatic carbocycles. The van der Waals surface area contributed by atoms with Gasteiger partial charge in [0.15, 0.2) is 0 Å². The van der Waals surface area contributed by atoms with Gasteiger partial charge in [0.2, 0.25) is 10.0 Å². The number of nitrogens with one attached hydrogen (secondary N) is 1. The Balaban J connectivity index is 1.76. The van der Waals surface area contributed by atoms with Crippen molar-refractivity contribution in [3.05, 3.63) is 69.3 Å².